The molecule has 0 atom stereocenters. The highest BCUT2D eigenvalue weighted by atomic mass is 19.1. The number of nitrogens with zero attached hydrogens (tertiary/aromatic N) is 4. The van der Waals surface area contributed by atoms with Gasteiger partial charge in [0.25, 0.3) is 11.8 Å². The monoisotopic (exact) mass is 306 g/mol. The van der Waals surface area contributed by atoms with Gasteiger partial charge in [-0.1, -0.05) is 0 Å². The Bertz CT molecular complexity index is 552. The third-order valence-corrected chi connectivity index (χ3v) is 4.40. The first-order valence-electron chi connectivity index (χ1n) is 7.64. The Morgan fingerprint density at radius 3 is 2.32 bits per heavy atom. The van der Waals surface area contributed by atoms with Crippen LogP contribution in [0.15, 0.2) is 18.6 Å². The van der Waals surface area contributed by atoms with Gasteiger partial charge in [0.1, 0.15) is 5.69 Å². The van der Waals surface area contributed by atoms with Crippen molar-refractivity contribution < 1.29 is 14.0 Å². The van der Waals surface area contributed by atoms with E-state index in [9.17, 15) is 14.0 Å². The first-order valence-corrected chi connectivity index (χ1v) is 7.64. The highest BCUT2D eigenvalue weighted by Gasteiger charge is 2.45. The quantitative estimate of drug-likeness (QED) is 0.819. The number of hydrogen-bond acceptors (Lipinski definition) is 4. The van der Waals surface area contributed by atoms with E-state index in [-0.39, 0.29) is 37.5 Å². The number of carbonyl (C=O) groups is 2. The van der Waals surface area contributed by atoms with Crippen molar-refractivity contribution in [1.82, 2.24) is 19.8 Å². The molecule has 2 aliphatic heterocycles. The van der Waals surface area contributed by atoms with Crippen LogP contribution in [-0.4, -0.2) is 63.4 Å². The summed E-state index contributed by atoms with van der Waals surface area (Å²) in [6.07, 6.45) is 6.33. The lowest BCUT2D eigenvalue weighted by molar-refractivity contribution is -0.145. The molecule has 118 valence electrons. The zero-order chi connectivity index (χ0) is 15.6. The number of piperidine rings is 1. The third-order valence-electron chi connectivity index (χ3n) is 4.40. The maximum atomic E-state index is 14.9. The average molecular weight is 306 g/mol. The molecular formula is C15H19FN4O2. The zero-order valence-electron chi connectivity index (χ0n) is 12.4. The van der Waals surface area contributed by atoms with Crippen molar-refractivity contribution in [2.75, 3.05) is 26.2 Å². The third kappa shape index (κ3) is 2.80. The molecule has 2 fully saturated rings. The summed E-state index contributed by atoms with van der Waals surface area (Å²) in [5, 5.41) is 0. The van der Waals surface area contributed by atoms with Gasteiger partial charge in [0.2, 0.25) is 0 Å². The Morgan fingerprint density at radius 1 is 1.05 bits per heavy atom. The molecule has 0 radical (unpaired) electrons. The SMILES string of the molecule is O=C(c1cnccn1)N1CCC(F)(C(=O)N2CCCC2)CC1. The molecule has 0 aliphatic carbocycles. The van der Waals surface area contributed by atoms with Crippen LogP contribution < -0.4 is 0 Å². The minimum absolute atomic E-state index is 0.0499. The minimum Gasteiger partial charge on any atom is -0.340 e. The van der Waals surface area contributed by atoms with Crippen LogP contribution in [0.5, 0.6) is 0 Å². The molecule has 0 N–H and O–H groups in total. The molecule has 3 heterocycles. The first-order chi connectivity index (χ1) is 10.6. The summed E-state index contributed by atoms with van der Waals surface area (Å²) < 4.78 is 14.9. The van der Waals surface area contributed by atoms with Crippen LogP contribution in [0.2, 0.25) is 0 Å². The lowest BCUT2D eigenvalue weighted by Gasteiger charge is -2.37. The van der Waals surface area contributed by atoms with Gasteiger partial charge in [0, 0.05) is 51.4 Å². The van der Waals surface area contributed by atoms with E-state index in [2.05, 4.69) is 9.97 Å². The smallest absolute Gasteiger partial charge is 0.274 e. The van der Waals surface area contributed by atoms with E-state index < -0.39 is 11.6 Å². The first kappa shape index (κ1) is 14.9. The molecular weight excluding hydrogens is 287 g/mol. The Morgan fingerprint density at radius 2 is 1.73 bits per heavy atom. The largest absolute Gasteiger partial charge is 0.340 e. The van der Waals surface area contributed by atoms with Crippen LogP contribution in [0.1, 0.15) is 36.2 Å². The fourth-order valence-electron chi connectivity index (χ4n) is 3.05. The zero-order valence-corrected chi connectivity index (χ0v) is 12.4. The number of aromatic nitrogens is 2. The molecule has 0 aromatic carbocycles. The number of alkyl halides is 1. The van der Waals surface area contributed by atoms with Crippen molar-refractivity contribution in [2.24, 2.45) is 0 Å². The van der Waals surface area contributed by atoms with Crippen molar-refractivity contribution in [3.8, 4) is 0 Å². The summed E-state index contributed by atoms with van der Waals surface area (Å²) in [5.41, 5.74) is -1.58. The Hall–Kier alpha value is -2.05. The molecule has 1 aromatic heterocycles. The molecule has 3 rings (SSSR count). The molecule has 2 aliphatic rings. The molecule has 0 unspecified atom stereocenters. The Balaban J connectivity index is 1.62. The summed E-state index contributed by atoms with van der Waals surface area (Å²) in [4.78, 5) is 35.5. The number of amides is 2. The Labute approximate surface area is 128 Å². The van der Waals surface area contributed by atoms with E-state index in [1.54, 1.807) is 9.80 Å². The fraction of sp³-hybridized carbons (Fsp3) is 0.600. The van der Waals surface area contributed by atoms with E-state index in [1.165, 1.54) is 18.6 Å². The Kier molecular flexibility index (Phi) is 4.04. The van der Waals surface area contributed by atoms with Gasteiger partial charge in [-0.25, -0.2) is 9.37 Å². The fourth-order valence-corrected chi connectivity index (χ4v) is 3.05. The number of rotatable bonds is 2. The second kappa shape index (κ2) is 5.98. The summed E-state index contributed by atoms with van der Waals surface area (Å²) in [5.74, 6) is -0.666. The average Bonchev–Trinajstić information content (AvgIpc) is 3.09. The number of likely N-dealkylation sites (tertiary alicyclic amines) is 2. The maximum Gasteiger partial charge on any atom is 0.274 e. The standard InChI is InChI=1S/C15H19FN4O2/c16-15(14(22)20-7-1-2-8-20)3-9-19(10-4-15)13(21)12-11-17-5-6-18-12/h5-6,11H,1-4,7-10H2. The molecule has 22 heavy (non-hydrogen) atoms. The summed E-state index contributed by atoms with van der Waals surface area (Å²) in [6.45, 7) is 1.75. The van der Waals surface area contributed by atoms with Crippen molar-refractivity contribution >= 4 is 11.8 Å². The number of hydrogen-bond donors (Lipinski definition) is 0. The highest BCUT2D eigenvalue weighted by Crippen LogP contribution is 2.30. The molecule has 0 bridgehead atoms. The van der Waals surface area contributed by atoms with Crippen LogP contribution in [0.25, 0.3) is 0 Å². The second-order valence-corrected chi connectivity index (χ2v) is 5.85. The van der Waals surface area contributed by atoms with Gasteiger partial charge < -0.3 is 9.80 Å². The van der Waals surface area contributed by atoms with Gasteiger partial charge >= 0.3 is 0 Å². The van der Waals surface area contributed by atoms with Crippen LogP contribution in [0, 0.1) is 0 Å². The number of carbonyl (C=O) groups excluding carboxylic acids is 2. The predicted octanol–water partition coefficient (Wildman–Crippen LogP) is 1.04. The molecule has 2 saturated heterocycles. The van der Waals surface area contributed by atoms with Crippen LogP contribution in [0.4, 0.5) is 4.39 Å². The minimum atomic E-state index is -1.83. The molecule has 2 amide bonds. The second-order valence-electron chi connectivity index (χ2n) is 5.85. The molecule has 0 saturated carbocycles. The van der Waals surface area contributed by atoms with Crippen molar-refractivity contribution in [1.29, 1.82) is 0 Å². The van der Waals surface area contributed by atoms with E-state index >= 15 is 0 Å². The summed E-state index contributed by atoms with van der Waals surface area (Å²) in [6, 6.07) is 0. The van der Waals surface area contributed by atoms with Gasteiger partial charge in [-0.3, -0.25) is 14.6 Å². The lowest BCUT2D eigenvalue weighted by atomic mass is 9.91. The summed E-state index contributed by atoms with van der Waals surface area (Å²) in [7, 11) is 0. The van der Waals surface area contributed by atoms with Gasteiger partial charge in [-0.2, -0.15) is 0 Å². The molecule has 7 heteroatoms. The molecule has 1 aromatic rings. The van der Waals surface area contributed by atoms with E-state index in [0.717, 1.165) is 12.8 Å². The molecule has 6 nitrogen and oxygen atoms in total. The van der Waals surface area contributed by atoms with Crippen LogP contribution in [0.3, 0.4) is 0 Å². The topological polar surface area (TPSA) is 66.4 Å². The van der Waals surface area contributed by atoms with E-state index in [1.807, 2.05) is 0 Å². The maximum absolute atomic E-state index is 14.9. The van der Waals surface area contributed by atoms with Crippen molar-refractivity contribution in [3.05, 3.63) is 24.3 Å². The van der Waals surface area contributed by atoms with Gasteiger partial charge in [0.05, 0.1) is 6.20 Å². The van der Waals surface area contributed by atoms with E-state index in [4.69, 9.17) is 0 Å². The van der Waals surface area contributed by atoms with Crippen LogP contribution >= 0.6 is 0 Å². The van der Waals surface area contributed by atoms with Gasteiger partial charge in [0.15, 0.2) is 5.67 Å². The predicted molar refractivity (Wildman–Crippen MR) is 76.8 cm³/mol. The summed E-state index contributed by atoms with van der Waals surface area (Å²) >= 11 is 0. The van der Waals surface area contributed by atoms with Crippen molar-refractivity contribution in [2.45, 2.75) is 31.4 Å². The normalized spacial score (nSPS) is 21.0. The van der Waals surface area contributed by atoms with Crippen LogP contribution in [-0.2, 0) is 4.79 Å². The molecule has 0 spiro atoms. The number of halogens is 1. The van der Waals surface area contributed by atoms with Crippen molar-refractivity contribution in [3.63, 3.8) is 0 Å². The lowest BCUT2D eigenvalue weighted by Crippen LogP contribution is -2.52. The highest BCUT2D eigenvalue weighted by molar-refractivity contribution is 5.92. The van der Waals surface area contributed by atoms with Gasteiger partial charge in [-0.15, -0.1) is 0 Å². The van der Waals surface area contributed by atoms with Gasteiger partial charge in [-0.05, 0) is 12.8 Å². The van der Waals surface area contributed by atoms with E-state index in [0.29, 0.717) is 13.1 Å².